The van der Waals surface area contributed by atoms with E-state index in [1.165, 1.54) is 0 Å². The van der Waals surface area contributed by atoms with E-state index in [-0.39, 0.29) is 18.2 Å². The molecule has 0 amide bonds. The van der Waals surface area contributed by atoms with E-state index in [4.69, 9.17) is 25.9 Å². The van der Waals surface area contributed by atoms with Crippen molar-refractivity contribution in [3.8, 4) is 17.6 Å². The first-order chi connectivity index (χ1) is 22.0. The van der Waals surface area contributed by atoms with Crippen LogP contribution in [0.25, 0.3) is 0 Å². The Labute approximate surface area is 269 Å². The van der Waals surface area contributed by atoms with Crippen LogP contribution >= 0.6 is 0 Å². The molecule has 0 radical (unpaired) electrons. The molecule has 5 rings (SSSR count). The lowest BCUT2D eigenvalue weighted by Gasteiger charge is -2.34. The molecule has 0 aliphatic carbocycles. The van der Waals surface area contributed by atoms with Gasteiger partial charge in [0.25, 0.3) is 0 Å². The topological polar surface area (TPSA) is 182 Å². The van der Waals surface area contributed by atoms with Crippen LogP contribution in [0.3, 0.4) is 0 Å². The van der Waals surface area contributed by atoms with Crippen molar-refractivity contribution in [2.45, 2.75) is 72.9 Å². The highest BCUT2D eigenvalue weighted by atomic mass is 16.7. The molecule has 0 atom stereocenters. The molecule has 0 saturated heterocycles. The summed E-state index contributed by atoms with van der Waals surface area (Å²) < 4.78 is 11.7. The summed E-state index contributed by atoms with van der Waals surface area (Å²) in [5.41, 5.74) is 13.8. The molecule has 0 unspecified atom stereocenters. The van der Waals surface area contributed by atoms with Gasteiger partial charge < -0.3 is 36.1 Å². The summed E-state index contributed by atoms with van der Waals surface area (Å²) in [4.78, 5) is 8.56. The third-order valence-electron chi connectivity index (χ3n) is 7.54. The number of nitrogens with zero attached hydrogens (tertiary/aromatic N) is 3. The molecule has 0 saturated carbocycles. The van der Waals surface area contributed by atoms with Crippen LogP contribution in [-0.2, 0) is 44.1 Å². The molecule has 4 aromatic rings. The number of ether oxygens (including phenoxy) is 2. The van der Waals surface area contributed by atoms with Crippen molar-refractivity contribution in [2.75, 3.05) is 0 Å². The van der Waals surface area contributed by atoms with E-state index in [1.807, 2.05) is 63.4 Å². The second kappa shape index (κ2) is 15.4. The summed E-state index contributed by atoms with van der Waals surface area (Å²) in [5, 5.41) is 42.1. The van der Waals surface area contributed by atoms with Gasteiger partial charge in [-0.2, -0.15) is 5.26 Å². The molecule has 1 aliphatic rings. The Bertz CT molecular complexity index is 1700. The number of amidine groups is 1. The fraction of sp³-hybridized carbons (Fsp3) is 0.314. The van der Waals surface area contributed by atoms with Gasteiger partial charge in [-0.15, -0.1) is 0 Å². The minimum absolute atomic E-state index is 0.0487. The summed E-state index contributed by atoms with van der Waals surface area (Å²) >= 11 is 0. The van der Waals surface area contributed by atoms with Gasteiger partial charge in [-0.3, -0.25) is 15.4 Å². The lowest BCUT2D eigenvalue weighted by Crippen LogP contribution is -2.36. The van der Waals surface area contributed by atoms with Gasteiger partial charge in [0.2, 0.25) is 5.79 Å². The summed E-state index contributed by atoms with van der Waals surface area (Å²) in [7, 11) is 0. The quantitative estimate of drug-likeness (QED) is 0.110. The van der Waals surface area contributed by atoms with Crippen molar-refractivity contribution in [2.24, 2.45) is 5.73 Å². The average molecular weight is 624 g/mol. The van der Waals surface area contributed by atoms with E-state index in [0.717, 1.165) is 45.8 Å². The molecule has 0 bridgehead atoms. The lowest BCUT2D eigenvalue weighted by atomic mass is 10.1. The lowest BCUT2D eigenvalue weighted by molar-refractivity contribution is -0.180. The van der Waals surface area contributed by atoms with Gasteiger partial charge in [-0.05, 0) is 48.2 Å². The van der Waals surface area contributed by atoms with Crippen LogP contribution in [0, 0.1) is 30.6 Å². The molecule has 2 aromatic carbocycles. The number of fused-ring (bicyclic) bond motifs is 1. The van der Waals surface area contributed by atoms with E-state index in [1.54, 1.807) is 25.3 Å². The second-order valence-electron chi connectivity index (χ2n) is 11.4. The van der Waals surface area contributed by atoms with Gasteiger partial charge in [0, 0.05) is 69.1 Å². The zero-order chi connectivity index (χ0) is 33.3. The van der Waals surface area contributed by atoms with Crippen LogP contribution in [0.15, 0.2) is 60.9 Å². The van der Waals surface area contributed by atoms with E-state index in [0.29, 0.717) is 48.6 Å². The number of nitrogens with two attached hydrogens (primary N) is 1. The number of rotatable bonds is 10. The number of aliphatic hydroxyl groups excluding tert-OH is 1. The number of aryl methyl sites for hydroxylation is 2. The van der Waals surface area contributed by atoms with Crippen LogP contribution in [0.2, 0.25) is 0 Å². The number of nitriles is 1. The number of nitrogen functional groups attached to an aromatic ring is 1. The van der Waals surface area contributed by atoms with Crippen LogP contribution in [0.5, 0.6) is 11.5 Å². The molecule has 0 fully saturated rings. The number of benzene rings is 2. The molecular weight excluding hydrogens is 582 g/mol. The maximum absolute atomic E-state index is 9.90. The largest absolute Gasteiger partial charge is 0.506 e. The summed E-state index contributed by atoms with van der Waals surface area (Å²) in [6.45, 7) is 10.3. The first kappa shape index (κ1) is 34.0. The number of hydrogen-bond acceptors (Lipinski definition) is 10. The number of hydrogen-bond donors (Lipinski definition) is 6. The van der Waals surface area contributed by atoms with E-state index >= 15 is 0 Å². The maximum Gasteiger partial charge on any atom is 0.205 e. The van der Waals surface area contributed by atoms with Crippen molar-refractivity contribution in [3.63, 3.8) is 0 Å². The fourth-order valence-corrected chi connectivity index (χ4v) is 4.84. The van der Waals surface area contributed by atoms with E-state index in [9.17, 15) is 10.2 Å². The van der Waals surface area contributed by atoms with Gasteiger partial charge in [0.1, 0.15) is 17.3 Å². The number of aromatic hydroxyl groups is 1. The maximum atomic E-state index is 9.90. The molecule has 2 aromatic heterocycles. The Morgan fingerprint density at radius 1 is 0.935 bits per heavy atom. The van der Waals surface area contributed by atoms with Crippen LogP contribution < -0.4 is 21.1 Å². The monoisotopic (exact) mass is 623 g/mol. The minimum atomic E-state index is -0.617. The zero-order valence-corrected chi connectivity index (χ0v) is 26.6. The normalized spacial score (nSPS) is 13.0. The van der Waals surface area contributed by atoms with Crippen molar-refractivity contribution in [1.29, 1.82) is 10.7 Å². The Morgan fingerprint density at radius 3 is 2.09 bits per heavy atom. The van der Waals surface area contributed by atoms with Gasteiger partial charge in [-0.25, -0.2) is 0 Å². The highest BCUT2D eigenvalue weighted by Gasteiger charge is 2.30. The van der Waals surface area contributed by atoms with Crippen molar-refractivity contribution < 1.29 is 19.7 Å². The number of aliphatic hydroxyl groups is 1. The van der Waals surface area contributed by atoms with Crippen LogP contribution in [-0.4, -0.2) is 31.8 Å². The van der Waals surface area contributed by atoms with Crippen molar-refractivity contribution >= 4 is 5.84 Å². The molecular formula is C35H41N7O4. The molecule has 11 nitrogen and oxygen atoms in total. The summed E-state index contributed by atoms with van der Waals surface area (Å²) in [5.74, 6) is 0.318. The Hall–Kier alpha value is -4.86. The average Bonchev–Trinajstić information content (AvgIpc) is 3.04. The van der Waals surface area contributed by atoms with Crippen molar-refractivity contribution in [1.82, 2.24) is 20.6 Å². The SMILES string of the molecule is Cc1ncc(CNCc2ccc(C#N)cc2)c2c1OC(C)(C)OC2.Cc1ncc(CNCc2ccc(C(=N)N)cc2)c(CO)c1O. The number of aromatic nitrogens is 2. The number of pyridine rings is 2. The smallest absolute Gasteiger partial charge is 0.205 e. The predicted octanol–water partition coefficient (Wildman–Crippen LogP) is 4.36. The molecule has 3 heterocycles. The third-order valence-corrected chi connectivity index (χ3v) is 7.54. The second-order valence-corrected chi connectivity index (χ2v) is 11.4. The first-order valence-corrected chi connectivity index (χ1v) is 14.9. The van der Waals surface area contributed by atoms with E-state index in [2.05, 4.69) is 26.7 Å². The molecule has 46 heavy (non-hydrogen) atoms. The molecule has 1 aliphatic heterocycles. The zero-order valence-electron chi connectivity index (χ0n) is 26.6. The van der Waals surface area contributed by atoms with Gasteiger partial charge >= 0.3 is 0 Å². The Kier molecular flexibility index (Phi) is 11.4. The molecule has 240 valence electrons. The van der Waals surface area contributed by atoms with E-state index < -0.39 is 5.79 Å². The number of nitrogens with one attached hydrogen (secondary N) is 3. The standard InChI is InChI=1S/C19H21N3O2.C16H20N4O2/c1-13-18-17(12-23-19(2,3)24-18)16(11-22-13)10-21-9-15-6-4-14(8-20)5-7-15;1-10-15(22)14(9-21)13(8-20-10)7-19-6-11-2-4-12(5-3-11)16(17)18/h4-7,11,21H,9-10,12H2,1-3H3;2-5,8,19,21-22H,6-7,9H2,1H3,(H3,17,18). The minimum Gasteiger partial charge on any atom is -0.506 e. The molecule has 11 heteroatoms. The van der Waals surface area contributed by atoms with Gasteiger partial charge in [0.15, 0.2) is 0 Å². The Morgan fingerprint density at radius 2 is 1.50 bits per heavy atom. The Balaban J connectivity index is 0.000000210. The third kappa shape index (κ3) is 8.87. The summed E-state index contributed by atoms with van der Waals surface area (Å²) in [6, 6.07) is 17.1. The fourth-order valence-electron chi connectivity index (χ4n) is 4.84. The molecule has 0 spiro atoms. The van der Waals surface area contributed by atoms with Crippen molar-refractivity contribution in [3.05, 3.63) is 117 Å². The molecule has 7 N–H and O–H groups in total. The van der Waals surface area contributed by atoms with Gasteiger partial charge in [-0.1, -0.05) is 36.4 Å². The predicted molar refractivity (Wildman–Crippen MR) is 175 cm³/mol. The highest BCUT2D eigenvalue weighted by molar-refractivity contribution is 5.94. The van der Waals surface area contributed by atoms with Crippen LogP contribution in [0.4, 0.5) is 0 Å². The van der Waals surface area contributed by atoms with Crippen LogP contribution in [0.1, 0.15) is 69.7 Å². The highest BCUT2D eigenvalue weighted by Crippen LogP contribution is 2.35. The first-order valence-electron chi connectivity index (χ1n) is 14.9. The van der Waals surface area contributed by atoms with Gasteiger partial charge in [0.05, 0.1) is 36.2 Å². The summed E-state index contributed by atoms with van der Waals surface area (Å²) in [6.07, 6.45) is 3.54.